The number of carbonyl (C=O) groups is 6. The Morgan fingerprint density at radius 1 is 0.683 bits per heavy atom. The molecule has 0 radical (unpaired) electrons. The second-order valence-electron chi connectivity index (χ2n) is 10.9. The van der Waals surface area contributed by atoms with Gasteiger partial charge in [0, 0.05) is 75.8 Å². The summed E-state index contributed by atoms with van der Waals surface area (Å²) in [6, 6.07) is -0.354. The predicted molar refractivity (Wildman–Crippen MR) is 150 cm³/mol. The lowest BCUT2D eigenvalue weighted by Gasteiger charge is -2.38. The second-order valence-corrected chi connectivity index (χ2v) is 10.9. The lowest BCUT2D eigenvalue weighted by molar-refractivity contribution is -0.139. The van der Waals surface area contributed by atoms with Gasteiger partial charge in [-0.05, 0) is 70.6 Å². The lowest BCUT2D eigenvalue weighted by Crippen LogP contribution is -2.42. The van der Waals surface area contributed by atoms with Crippen LogP contribution in [0, 0.1) is 5.41 Å². The Morgan fingerprint density at radius 3 is 1.32 bits per heavy atom. The molecule has 0 saturated carbocycles. The molecule has 228 valence electrons. The smallest absolute Gasteiger partial charge is 0.253 e. The van der Waals surface area contributed by atoms with Crippen molar-refractivity contribution in [2.45, 2.75) is 77.3 Å². The maximum Gasteiger partial charge on any atom is 0.253 e. The van der Waals surface area contributed by atoms with Crippen LogP contribution in [-0.2, 0) is 28.8 Å². The van der Waals surface area contributed by atoms with E-state index < -0.39 is 23.6 Å². The van der Waals surface area contributed by atoms with Gasteiger partial charge >= 0.3 is 0 Å². The Bertz CT molecular complexity index is 883. The maximum atomic E-state index is 11.9. The lowest BCUT2D eigenvalue weighted by atomic mass is 9.71. The minimum Gasteiger partial charge on any atom is -0.396 e. The van der Waals surface area contributed by atoms with E-state index in [0.29, 0.717) is 51.4 Å². The van der Waals surface area contributed by atoms with Crippen LogP contribution in [0.4, 0.5) is 0 Å². The molecular weight excluding hydrogens is 532 g/mol. The summed E-state index contributed by atoms with van der Waals surface area (Å²) in [7, 11) is 0. The standard InChI is InChI=1S/C29H44N4O8/c1-23(30(21-36)15-17-32-25(38)5-6-26(32)39)9-13-29(11-3-19-34,12-4-20-35)14-10-24(2)31(22-37)16-18-33-27(40)7-8-28(33)41/h5-8,21-24,34-35H,3-4,9-20H2,1-2H3. The minimum absolute atomic E-state index is 0.0186. The second kappa shape index (κ2) is 16.8. The first kappa shape index (κ1) is 33.8. The van der Waals surface area contributed by atoms with Crippen molar-refractivity contribution in [2.75, 3.05) is 39.4 Å². The zero-order valence-electron chi connectivity index (χ0n) is 24.2. The molecule has 0 bridgehead atoms. The summed E-state index contributed by atoms with van der Waals surface area (Å²) >= 11 is 0. The Hall–Kier alpha value is -3.38. The van der Waals surface area contributed by atoms with Gasteiger partial charge in [0.05, 0.1) is 0 Å². The minimum atomic E-state index is -0.394. The van der Waals surface area contributed by atoms with Crippen LogP contribution < -0.4 is 0 Å². The van der Waals surface area contributed by atoms with Gasteiger partial charge in [0.15, 0.2) is 0 Å². The number of aliphatic hydroxyl groups is 2. The van der Waals surface area contributed by atoms with Gasteiger partial charge in [-0.15, -0.1) is 0 Å². The molecule has 0 aromatic rings. The van der Waals surface area contributed by atoms with Gasteiger partial charge in [0.1, 0.15) is 0 Å². The van der Waals surface area contributed by atoms with Crippen molar-refractivity contribution in [3.63, 3.8) is 0 Å². The molecule has 2 aliphatic rings. The molecule has 12 nitrogen and oxygen atoms in total. The topological polar surface area (TPSA) is 156 Å². The van der Waals surface area contributed by atoms with Crippen LogP contribution >= 0.6 is 0 Å². The molecule has 2 N–H and O–H groups in total. The van der Waals surface area contributed by atoms with E-state index in [1.54, 1.807) is 9.80 Å². The largest absolute Gasteiger partial charge is 0.396 e. The van der Waals surface area contributed by atoms with Crippen LogP contribution in [0.3, 0.4) is 0 Å². The summed E-state index contributed by atoms with van der Waals surface area (Å²) in [6.07, 6.45) is 11.5. The highest BCUT2D eigenvalue weighted by molar-refractivity contribution is 6.13. The fourth-order valence-electron chi connectivity index (χ4n) is 5.51. The highest BCUT2D eigenvalue weighted by Crippen LogP contribution is 2.41. The summed E-state index contributed by atoms with van der Waals surface area (Å²) < 4.78 is 0. The molecule has 2 heterocycles. The number of rotatable bonds is 22. The highest BCUT2D eigenvalue weighted by atomic mass is 16.3. The first-order chi connectivity index (χ1) is 19.6. The van der Waals surface area contributed by atoms with Crippen LogP contribution in [0.25, 0.3) is 0 Å². The SMILES string of the molecule is CC(CCC(CCCO)(CCCO)CCC(C)N(C=O)CCN1C(=O)C=CC1=O)N(C=O)CCN1C(=O)C=CC1=O. The summed E-state index contributed by atoms with van der Waals surface area (Å²) in [6.45, 7) is 4.51. The molecule has 41 heavy (non-hydrogen) atoms. The van der Waals surface area contributed by atoms with Crippen molar-refractivity contribution < 1.29 is 39.0 Å². The first-order valence-electron chi connectivity index (χ1n) is 14.3. The average molecular weight is 577 g/mol. The average Bonchev–Trinajstić information content (AvgIpc) is 3.47. The van der Waals surface area contributed by atoms with E-state index in [1.165, 1.54) is 24.3 Å². The van der Waals surface area contributed by atoms with Gasteiger partial charge in [-0.1, -0.05) is 0 Å². The molecule has 12 heteroatoms. The van der Waals surface area contributed by atoms with Gasteiger partial charge in [-0.2, -0.15) is 0 Å². The normalized spacial score (nSPS) is 16.6. The Kier molecular flexibility index (Phi) is 13.8. The van der Waals surface area contributed by atoms with Crippen LogP contribution in [0.5, 0.6) is 0 Å². The summed E-state index contributed by atoms with van der Waals surface area (Å²) in [4.78, 5) is 76.5. The number of aliphatic hydroxyl groups excluding tert-OH is 2. The molecule has 0 spiro atoms. The van der Waals surface area contributed by atoms with Crippen molar-refractivity contribution in [1.29, 1.82) is 0 Å². The van der Waals surface area contributed by atoms with E-state index in [2.05, 4.69) is 0 Å². The van der Waals surface area contributed by atoms with Crippen molar-refractivity contribution in [3.8, 4) is 0 Å². The molecule has 0 saturated heterocycles. The molecule has 0 fully saturated rings. The third-order valence-corrected chi connectivity index (χ3v) is 8.28. The van der Waals surface area contributed by atoms with Crippen molar-refractivity contribution >= 4 is 36.4 Å². The van der Waals surface area contributed by atoms with E-state index in [1.807, 2.05) is 13.8 Å². The van der Waals surface area contributed by atoms with Crippen LogP contribution in [0.1, 0.15) is 65.2 Å². The summed E-state index contributed by atoms with van der Waals surface area (Å²) in [5.74, 6) is -1.58. The molecule has 0 aliphatic carbocycles. The molecule has 0 aromatic carbocycles. The highest BCUT2D eigenvalue weighted by Gasteiger charge is 2.32. The zero-order chi connectivity index (χ0) is 30.4. The number of amides is 6. The Labute approximate surface area is 241 Å². The van der Waals surface area contributed by atoms with Crippen LogP contribution in [0.15, 0.2) is 24.3 Å². The third kappa shape index (κ3) is 9.89. The monoisotopic (exact) mass is 576 g/mol. The number of hydrogen-bond donors (Lipinski definition) is 2. The summed E-state index contributed by atoms with van der Waals surface area (Å²) in [5, 5.41) is 19.2. The maximum absolute atomic E-state index is 11.9. The quantitative estimate of drug-likeness (QED) is 0.140. The molecular formula is C29H44N4O8. The Morgan fingerprint density at radius 2 is 1.02 bits per heavy atom. The molecule has 0 aromatic heterocycles. The van der Waals surface area contributed by atoms with Crippen molar-refractivity contribution in [1.82, 2.24) is 19.6 Å². The number of imide groups is 2. The van der Waals surface area contributed by atoms with E-state index >= 15 is 0 Å². The molecule has 2 atom stereocenters. The number of carbonyl (C=O) groups excluding carboxylic acids is 6. The Balaban J connectivity index is 2.02. The van der Waals surface area contributed by atoms with Gasteiger partial charge in [-0.3, -0.25) is 38.6 Å². The number of nitrogens with zero attached hydrogens (tertiary/aromatic N) is 4. The first-order valence-corrected chi connectivity index (χ1v) is 14.3. The third-order valence-electron chi connectivity index (χ3n) is 8.28. The van der Waals surface area contributed by atoms with E-state index in [9.17, 15) is 39.0 Å². The molecule has 2 rings (SSSR count). The summed E-state index contributed by atoms with van der Waals surface area (Å²) in [5.41, 5.74) is -0.257. The van der Waals surface area contributed by atoms with E-state index in [-0.39, 0.29) is 56.9 Å². The fraction of sp³-hybridized carbons (Fsp3) is 0.655. The van der Waals surface area contributed by atoms with Crippen LogP contribution in [0.2, 0.25) is 0 Å². The van der Waals surface area contributed by atoms with Gasteiger partial charge in [0.2, 0.25) is 12.8 Å². The molecule has 2 aliphatic heterocycles. The zero-order valence-corrected chi connectivity index (χ0v) is 24.2. The van der Waals surface area contributed by atoms with Crippen molar-refractivity contribution in [3.05, 3.63) is 24.3 Å². The van der Waals surface area contributed by atoms with E-state index in [4.69, 9.17) is 0 Å². The van der Waals surface area contributed by atoms with Crippen molar-refractivity contribution in [2.24, 2.45) is 5.41 Å². The fourth-order valence-corrected chi connectivity index (χ4v) is 5.51. The van der Waals surface area contributed by atoms with E-state index in [0.717, 1.165) is 22.6 Å². The predicted octanol–water partition coefficient (Wildman–Crippen LogP) is 0.622. The molecule has 6 amide bonds. The van der Waals surface area contributed by atoms with Gasteiger partial charge < -0.3 is 20.0 Å². The number of hydrogen-bond acceptors (Lipinski definition) is 8. The van der Waals surface area contributed by atoms with Crippen LogP contribution in [-0.4, -0.2) is 118 Å². The van der Waals surface area contributed by atoms with Gasteiger partial charge in [-0.25, -0.2) is 0 Å². The molecule has 2 unspecified atom stereocenters. The van der Waals surface area contributed by atoms with Gasteiger partial charge in [0.25, 0.3) is 23.6 Å².